The first kappa shape index (κ1) is 6.53. The van der Waals surface area contributed by atoms with Gasteiger partial charge in [-0.2, -0.15) is 0 Å². The van der Waals surface area contributed by atoms with Crippen molar-refractivity contribution in [2.45, 2.75) is 19.8 Å². The summed E-state index contributed by atoms with van der Waals surface area (Å²) < 4.78 is 12.6. The van der Waals surface area contributed by atoms with Gasteiger partial charge in [0.1, 0.15) is 5.83 Å². The molecule has 0 aromatic carbocycles. The van der Waals surface area contributed by atoms with Crippen molar-refractivity contribution in [2.24, 2.45) is 5.92 Å². The first-order valence-corrected chi connectivity index (χ1v) is 3.33. The van der Waals surface area contributed by atoms with Crippen molar-refractivity contribution >= 4 is 0 Å². The normalized spacial score (nSPS) is 27.3. The van der Waals surface area contributed by atoms with Crippen LogP contribution in [0, 0.1) is 5.92 Å². The van der Waals surface area contributed by atoms with Crippen LogP contribution in [0.4, 0.5) is 4.39 Å². The number of halogens is 1. The highest BCUT2D eigenvalue weighted by Crippen LogP contribution is 2.20. The lowest BCUT2D eigenvalue weighted by Gasteiger charge is -2.02. The molecule has 0 radical (unpaired) electrons. The molecule has 0 saturated carbocycles. The highest BCUT2D eigenvalue weighted by molar-refractivity contribution is 5.11. The lowest BCUT2D eigenvalue weighted by molar-refractivity contribution is 0.474. The summed E-state index contributed by atoms with van der Waals surface area (Å²) in [6.45, 7) is 1.92. The van der Waals surface area contributed by atoms with Gasteiger partial charge in [0.25, 0.3) is 0 Å². The quantitative estimate of drug-likeness (QED) is 0.468. The Bertz CT molecular complexity index is 145. The van der Waals surface area contributed by atoms with E-state index in [1.54, 1.807) is 12.2 Å². The summed E-state index contributed by atoms with van der Waals surface area (Å²) in [5, 5.41) is 0. The number of rotatable bonds is 0. The average molecular weight is 126 g/mol. The third-order valence-corrected chi connectivity index (χ3v) is 1.63. The molecule has 0 aliphatic heterocycles. The number of hydrogen-bond acceptors (Lipinski definition) is 0. The third-order valence-electron chi connectivity index (χ3n) is 1.63. The maximum atomic E-state index is 12.6. The minimum Gasteiger partial charge on any atom is -0.212 e. The summed E-state index contributed by atoms with van der Waals surface area (Å²) in [5.41, 5.74) is 0. The zero-order valence-electron chi connectivity index (χ0n) is 5.60. The number of allylic oxidation sites excluding steroid dienone is 4. The van der Waals surface area contributed by atoms with Gasteiger partial charge in [-0.15, -0.1) is 0 Å². The molecule has 9 heavy (non-hydrogen) atoms. The van der Waals surface area contributed by atoms with E-state index >= 15 is 0 Å². The van der Waals surface area contributed by atoms with E-state index in [1.807, 2.05) is 13.0 Å². The minimum absolute atomic E-state index is 0.0174. The second kappa shape index (κ2) is 2.81. The van der Waals surface area contributed by atoms with Gasteiger partial charge in [0, 0.05) is 5.92 Å². The molecule has 1 atom stereocenters. The lowest BCUT2D eigenvalue weighted by atomic mass is 10.1. The Kier molecular flexibility index (Phi) is 2.04. The van der Waals surface area contributed by atoms with E-state index < -0.39 is 0 Å². The van der Waals surface area contributed by atoms with Crippen molar-refractivity contribution < 1.29 is 4.39 Å². The summed E-state index contributed by atoms with van der Waals surface area (Å²) in [6.07, 6.45) is 7.30. The van der Waals surface area contributed by atoms with Gasteiger partial charge >= 0.3 is 0 Å². The van der Waals surface area contributed by atoms with Crippen LogP contribution in [0.2, 0.25) is 0 Å². The van der Waals surface area contributed by atoms with E-state index in [1.165, 1.54) is 0 Å². The van der Waals surface area contributed by atoms with Gasteiger partial charge in [0.15, 0.2) is 0 Å². The fourth-order valence-corrected chi connectivity index (χ4v) is 0.905. The molecule has 1 aliphatic carbocycles. The van der Waals surface area contributed by atoms with Crippen LogP contribution in [0.15, 0.2) is 24.1 Å². The van der Waals surface area contributed by atoms with Crippen molar-refractivity contribution in [3.05, 3.63) is 24.1 Å². The van der Waals surface area contributed by atoms with Crippen LogP contribution in [-0.2, 0) is 0 Å². The Morgan fingerprint density at radius 2 is 2.44 bits per heavy atom. The standard InChI is InChI=1S/C8H11F/c1-7-5-3-2-4-6-8(7)9/h2,4,6-7H,3,5H2,1H3. The highest BCUT2D eigenvalue weighted by Gasteiger charge is 2.07. The average Bonchev–Trinajstić information content (AvgIpc) is 1.99. The van der Waals surface area contributed by atoms with E-state index in [0.29, 0.717) is 0 Å². The Labute approximate surface area is 55.1 Å². The SMILES string of the molecule is CC1CCC=CC=C1F. The second-order valence-electron chi connectivity index (χ2n) is 2.46. The van der Waals surface area contributed by atoms with Gasteiger partial charge in [-0.3, -0.25) is 0 Å². The van der Waals surface area contributed by atoms with Crippen molar-refractivity contribution in [3.63, 3.8) is 0 Å². The second-order valence-corrected chi connectivity index (χ2v) is 2.46. The predicted molar refractivity (Wildman–Crippen MR) is 36.7 cm³/mol. The monoisotopic (exact) mass is 126 g/mol. The van der Waals surface area contributed by atoms with Crippen LogP contribution in [0.5, 0.6) is 0 Å². The van der Waals surface area contributed by atoms with E-state index in [0.717, 1.165) is 12.8 Å². The van der Waals surface area contributed by atoms with Crippen LogP contribution in [0.1, 0.15) is 19.8 Å². The zero-order valence-corrected chi connectivity index (χ0v) is 5.60. The summed E-state index contributed by atoms with van der Waals surface area (Å²) in [6, 6.07) is 0. The molecule has 0 bridgehead atoms. The van der Waals surface area contributed by atoms with Crippen molar-refractivity contribution in [3.8, 4) is 0 Å². The molecule has 0 fully saturated rings. The predicted octanol–water partition coefficient (Wildman–Crippen LogP) is 2.83. The molecule has 0 N–H and O–H groups in total. The Morgan fingerprint density at radius 1 is 1.67 bits per heavy atom. The lowest BCUT2D eigenvalue weighted by Crippen LogP contribution is -1.91. The fraction of sp³-hybridized carbons (Fsp3) is 0.500. The summed E-state index contributed by atoms with van der Waals surface area (Å²) in [7, 11) is 0. The first-order chi connectivity index (χ1) is 4.30. The maximum Gasteiger partial charge on any atom is 0.103 e. The smallest absolute Gasteiger partial charge is 0.103 e. The maximum absolute atomic E-state index is 12.6. The number of hydrogen-bond donors (Lipinski definition) is 0. The molecule has 0 aromatic heterocycles. The van der Waals surface area contributed by atoms with E-state index in [-0.39, 0.29) is 11.7 Å². The first-order valence-electron chi connectivity index (χ1n) is 3.33. The molecule has 1 heteroatoms. The van der Waals surface area contributed by atoms with Gasteiger partial charge in [-0.05, 0) is 18.9 Å². The Balaban J connectivity index is 2.63. The van der Waals surface area contributed by atoms with Crippen LogP contribution in [-0.4, -0.2) is 0 Å². The van der Waals surface area contributed by atoms with Crippen molar-refractivity contribution in [1.29, 1.82) is 0 Å². The molecular weight excluding hydrogens is 115 g/mol. The summed E-state index contributed by atoms with van der Waals surface area (Å²) in [4.78, 5) is 0. The largest absolute Gasteiger partial charge is 0.212 e. The Morgan fingerprint density at radius 3 is 3.22 bits per heavy atom. The molecule has 1 aliphatic rings. The fourth-order valence-electron chi connectivity index (χ4n) is 0.905. The highest BCUT2D eigenvalue weighted by atomic mass is 19.1. The molecule has 50 valence electrons. The van der Waals surface area contributed by atoms with Crippen LogP contribution in [0.25, 0.3) is 0 Å². The topological polar surface area (TPSA) is 0 Å². The molecule has 1 rings (SSSR count). The molecule has 0 spiro atoms. The zero-order chi connectivity index (χ0) is 6.69. The molecule has 0 aromatic rings. The van der Waals surface area contributed by atoms with Crippen LogP contribution >= 0.6 is 0 Å². The van der Waals surface area contributed by atoms with E-state index in [9.17, 15) is 4.39 Å². The molecular formula is C8H11F. The van der Waals surface area contributed by atoms with Gasteiger partial charge in [-0.1, -0.05) is 19.1 Å². The molecule has 0 amide bonds. The molecule has 0 heterocycles. The third kappa shape index (κ3) is 1.67. The molecule has 0 nitrogen and oxygen atoms in total. The molecule has 1 unspecified atom stereocenters. The van der Waals surface area contributed by atoms with Crippen molar-refractivity contribution in [1.82, 2.24) is 0 Å². The summed E-state index contributed by atoms with van der Waals surface area (Å²) in [5.74, 6) is 0.142. The van der Waals surface area contributed by atoms with Crippen LogP contribution in [0.3, 0.4) is 0 Å². The van der Waals surface area contributed by atoms with Gasteiger partial charge in [0.2, 0.25) is 0 Å². The molecule has 0 saturated heterocycles. The summed E-state index contributed by atoms with van der Waals surface area (Å²) >= 11 is 0. The van der Waals surface area contributed by atoms with E-state index in [4.69, 9.17) is 0 Å². The van der Waals surface area contributed by atoms with Crippen molar-refractivity contribution in [2.75, 3.05) is 0 Å². The minimum atomic E-state index is 0.0174. The van der Waals surface area contributed by atoms with E-state index in [2.05, 4.69) is 0 Å². The van der Waals surface area contributed by atoms with Gasteiger partial charge < -0.3 is 0 Å². The Hall–Kier alpha value is -0.590. The van der Waals surface area contributed by atoms with Gasteiger partial charge in [-0.25, -0.2) is 4.39 Å². The van der Waals surface area contributed by atoms with Crippen LogP contribution < -0.4 is 0 Å². The van der Waals surface area contributed by atoms with Gasteiger partial charge in [0.05, 0.1) is 0 Å².